The lowest BCUT2D eigenvalue weighted by Crippen LogP contribution is -1.89. The smallest absolute Gasteiger partial charge is 0.261 e. The topological polar surface area (TPSA) is 56.0 Å². The average Bonchev–Trinajstić information content (AvgIpc) is 2.39. The van der Waals surface area contributed by atoms with Crippen LogP contribution in [0.1, 0.15) is 5.69 Å². The molecule has 0 unspecified atom stereocenters. The Kier molecular flexibility index (Phi) is 3.14. The maximum Gasteiger partial charge on any atom is 0.269 e. The second-order valence-electron chi connectivity index (χ2n) is 3.59. The average molecular weight is 227 g/mol. The van der Waals surface area contributed by atoms with Gasteiger partial charge in [0.25, 0.3) is 5.69 Å². The number of hydrogen-bond acceptors (Lipinski definition) is 3. The molecule has 0 spiro atoms. The molecule has 0 fully saturated rings. The van der Waals surface area contributed by atoms with Gasteiger partial charge in [-0.1, -0.05) is 6.07 Å². The zero-order valence-electron chi connectivity index (χ0n) is 9.17. The molecule has 1 aromatic heterocycles. The zero-order chi connectivity index (χ0) is 12.3. The molecule has 0 aliphatic rings. The van der Waals surface area contributed by atoms with Gasteiger partial charge in [-0.05, 0) is 37.1 Å². The van der Waals surface area contributed by atoms with Crippen molar-refractivity contribution in [2.24, 2.45) is 0 Å². The van der Waals surface area contributed by atoms with Crippen molar-refractivity contribution in [3.05, 3.63) is 65.3 Å². The van der Waals surface area contributed by atoms with E-state index in [1.807, 2.05) is 12.1 Å². The summed E-state index contributed by atoms with van der Waals surface area (Å²) in [5.41, 5.74) is 2.88. The summed E-state index contributed by atoms with van der Waals surface area (Å²) in [6, 6.07) is 10.3. The number of pyridine rings is 1. The van der Waals surface area contributed by atoms with Crippen LogP contribution in [-0.4, -0.2) is 9.91 Å². The summed E-state index contributed by atoms with van der Waals surface area (Å²) in [5, 5.41) is 10.5. The Morgan fingerprint density at radius 1 is 1.12 bits per heavy atom. The normalized spacial score (nSPS) is 10.2. The van der Waals surface area contributed by atoms with Crippen molar-refractivity contribution < 1.29 is 4.92 Å². The summed E-state index contributed by atoms with van der Waals surface area (Å²) < 4.78 is 0. The molecule has 0 atom stereocenters. The molecular weight excluding hydrogens is 216 g/mol. The van der Waals surface area contributed by atoms with E-state index in [0.717, 1.165) is 16.8 Å². The van der Waals surface area contributed by atoms with E-state index in [-0.39, 0.29) is 5.69 Å². The lowest BCUT2D eigenvalue weighted by molar-refractivity contribution is -0.384. The lowest BCUT2D eigenvalue weighted by Gasteiger charge is -2.02. The first kappa shape index (κ1) is 11.3. The van der Waals surface area contributed by atoms with E-state index in [1.165, 1.54) is 12.1 Å². The van der Waals surface area contributed by atoms with Crippen LogP contribution in [0.25, 0.3) is 11.1 Å². The maximum absolute atomic E-state index is 10.5. The van der Waals surface area contributed by atoms with Crippen molar-refractivity contribution in [1.29, 1.82) is 0 Å². The van der Waals surface area contributed by atoms with Crippen LogP contribution in [0.2, 0.25) is 0 Å². The highest BCUT2D eigenvalue weighted by atomic mass is 16.6. The van der Waals surface area contributed by atoms with E-state index in [0.29, 0.717) is 6.42 Å². The molecule has 2 aromatic rings. The van der Waals surface area contributed by atoms with E-state index < -0.39 is 4.92 Å². The number of hydrogen-bond donors (Lipinski definition) is 0. The van der Waals surface area contributed by atoms with Gasteiger partial charge in [-0.3, -0.25) is 15.1 Å². The van der Waals surface area contributed by atoms with Crippen LogP contribution in [0, 0.1) is 17.0 Å². The summed E-state index contributed by atoms with van der Waals surface area (Å²) >= 11 is 0. The fourth-order valence-corrected chi connectivity index (χ4v) is 1.52. The van der Waals surface area contributed by atoms with Crippen molar-refractivity contribution >= 4 is 5.69 Å². The van der Waals surface area contributed by atoms with Gasteiger partial charge in [-0.25, -0.2) is 0 Å². The molecular formula is C13H11N2O2. The first-order chi connectivity index (χ1) is 8.20. The Labute approximate surface area is 99.1 Å². The summed E-state index contributed by atoms with van der Waals surface area (Å²) in [4.78, 5) is 14.3. The molecule has 4 heteroatoms. The third-order valence-corrected chi connectivity index (χ3v) is 2.49. The van der Waals surface area contributed by atoms with Gasteiger partial charge in [-0.2, -0.15) is 0 Å². The predicted octanol–water partition coefficient (Wildman–Crippen LogP) is 3.03. The minimum Gasteiger partial charge on any atom is -0.261 e. The van der Waals surface area contributed by atoms with Crippen molar-refractivity contribution in [3.8, 4) is 11.1 Å². The first-order valence-electron chi connectivity index (χ1n) is 5.19. The second-order valence-corrected chi connectivity index (χ2v) is 3.59. The minimum absolute atomic E-state index is 0.0936. The Morgan fingerprint density at radius 2 is 1.76 bits per heavy atom. The number of nitro groups is 1. The SMILES string of the molecule is [CH2]Cc1ccc(-c2ccc([N+](=O)[O-])cc2)cn1. The predicted molar refractivity (Wildman–Crippen MR) is 65.4 cm³/mol. The number of benzene rings is 1. The third kappa shape index (κ3) is 2.47. The molecule has 0 saturated heterocycles. The lowest BCUT2D eigenvalue weighted by atomic mass is 10.1. The van der Waals surface area contributed by atoms with Gasteiger partial charge in [0.05, 0.1) is 4.92 Å². The second kappa shape index (κ2) is 4.74. The van der Waals surface area contributed by atoms with Crippen LogP contribution in [0.3, 0.4) is 0 Å². The fraction of sp³-hybridized carbons (Fsp3) is 0.0769. The molecule has 1 heterocycles. The van der Waals surface area contributed by atoms with Gasteiger partial charge in [0.15, 0.2) is 0 Å². The monoisotopic (exact) mass is 227 g/mol. The highest BCUT2D eigenvalue weighted by Crippen LogP contribution is 2.21. The molecule has 0 amide bonds. The number of aromatic nitrogens is 1. The first-order valence-corrected chi connectivity index (χ1v) is 5.19. The van der Waals surface area contributed by atoms with Crippen LogP contribution >= 0.6 is 0 Å². The number of non-ortho nitro benzene ring substituents is 1. The molecule has 0 aliphatic carbocycles. The van der Waals surface area contributed by atoms with Crippen LogP contribution in [-0.2, 0) is 6.42 Å². The Morgan fingerprint density at radius 3 is 2.24 bits per heavy atom. The van der Waals surface area contributed by atoms with E-state index in [9.17, 15) is 10.1 Å². The summed E-state index contributed by atoms with van der Waals surface area (Å²) in [6.07, 6.45) is 2.40. The summed E-state index contributed by atoms with van der Waals surface area (Å²) in [6.45, 7) is 3.75. The van der Waals surface area contributed by atoms with Crippen molar-refractivity contribution in [2.45, 2.75) is 6.42 Å². The molecule has 17 heavy (non-hydrogen) atoms. The van der Waals surface area contributed by atoms with Crippen molar-refractivity contribution in [3.63, 3.8) is 0 Å². The quantitative estimate of drug-likeness (QED) is 0.598. The highest BCUT2D eigenvalue weighted by molar-refractivity contribution is 5.63. The van der Waals surface area contributed by atoms with Crippen LogP contribution in [0.5, 0.6) is 0 Å². The molecule has 0 saturated carbocycles. The van der Waals surface area contributed by atoms with Crippen LogP contribution in [0.4, 0.5) is 5.69 Å². The molecule has 1 aromatic carbocycles. The van der Waals surface area contributed by atoms with E-state index in [2.05, 4.69) is 11.9 Å². The Hall–Kier alpha value is -2.23. The van der Waals surface area contributed by atoms with Crippen molar-refractivity contribution in [1.82, 2.24) is 4.98 Å². The van der Waals surface area contributed by atoms with Gasteiger partial charge in [0, 0.05) is 29.6 Å². The molecule has 1 radical (unpaired) electrons. The van der Waals surface area contributed by atoms with E-state index in [1.54, 1.807) is 18.3 Å². The summed E-state index contributed by atoms with van der Waals surface area (Å²) in [7, 11) is 0. The molecule has 85 valence electrons. The van der Waals surface area contributed by atoms with Gasteiger partial charge in [0.1, 0.15) is 0 Å². The standard InChI is InChI=1S/C13H11N2O2/c1-2-12-6-3-11(9-14-12)10-4-7-13(8-5-10)15(16)17/h3-9H,1-2H2. The number of nitro benzene ring substituents is 1. The van der Waals surface area contributed by atoms with E-state index in [4.69, 9.17) is 0 Å². The van der Waals surface area contributed by atoms with Crippen LogP contribution in [0.15, 0.2) is 42.6 Å². The number of nitrogens with zero attached hydrogens (tertiary/aromatic N) is 2. The molecule has 4 nitrogen and oxygen atoms in total. The fourth-order valence-electron chi connectivity index (χ4n) is 1.52. The third-order valence-electron chi connectivity index (χ3n) is 2.49. The minimum atomic E-state index is -0.409. The maximum atomic E-state index is 10.5. The molecule has 0 bridgehead atoms. The summed E-state index contributed by atoms with van der Waals surface area (Å²) in [5.74, 6) is 0. The van der Waals surface area contributed by atoms with Gasteiger partial charge in [-0.15, -0.1) is 0 Å². The molecule has 2 rings (SSSR count). The van der Waals surface area contributed by atoms with Crippen molar-refractivity contribution in [2.75, 3.05) is 0 Å². The Balaban J connectivity index is 2.29. The largest absolute Gasteiger partial charge is 0.269 e. The van der Waals surface area contributed by atoms with E-state index >= 15 is 0 Å². The molecule has 0 aliphatic heterocycles. The zero-order valence-corrected chi connectivity index (χ0v) is 9.17. The van der Waals surface area contributed by atoms with Crippen LogP contribution < -0.4 is 0 Å². The van der Waals surface area contributed by atoms with Gasteiger partial charge >= 0.3 is 0 Å². The number of rotatable bonds is 3. The highest BCUT2D eigenvalue weighted by Gasteiger charge is 2.05. The Bertz CT molecular complexity index is 518. The van der Waals surface area contributed by atoms with Gasteiger partial charge < -0.3 is 0 Å². The molecule has 0 N–H and O–H groups in total. The van der Waals surface area contributed by atoms with Gasteiger partial charge in [0.2, 0.25) is 0 Å².